The molecule has 1 spiro atoms. The summed E-state index contributed by atoms with van der Waals surface area (Å²) in [5, 5.41) is 1.66. The van der Waals surface area contributed by atoms with Crippen molar-refractivity contribution in [2.75, 3.05) is 52.3 Å². The SMILES string of the molecule is COc1cc2c(Cl)cc(Oc3ccc(N)c(Cl)c3)nc2cc1OCCCN1CCC2(CC1)COC2. The van der Waals surface area contributed by atoms with Crippen molar-refractivity contribution in [3.63, 3.8) is 0 Å². The number of aromatic nitrogens is 1. The average molecular weight is 518 g/mol. The van der Waals surface area contributed by atoms with E-state index in [2.05, 4.69) is 9.88 Å². The molecular formula is C26H29Cl2N3O4. The van der Waals surface area contributed by atoms with Gasteiger partial charge in [-0.3, -0.25) is 0 Å². The van der Waals surface area contributed by atoms with Crippen molar-refractivity contribution in [2.45, 2.75) is 19.3 Å². The fourth-order valence-electron chi connectivity index (χ4n) is 4.59. The number of rotatable bonds is 8. The zero-order valence-corrected chi connectivity index (χ0v) is 21.2. The van der Waals surface area contributed by atoms with Crippen molar-refractivity contribution in [3.8, 4) is 23.1 Å². The van der Waals surface area contributed by atoms with Crippen LogP contribution >= 0.6 is 23.2 Å². The molecule has 3 heterocycles. The van der Waals surface area contributed by atoms with Crippen molar-refractivity contribution in [1.82, 2.24) is 9.88 Å². The van der Waals surface area contributed by atoms with Gasteiger partial charge in [-0.25, -0.2) is 4.98 Å². The molecule has 0 bridgehead atoms. The number of methoxy groups -OCH3 is 1. The van der Waals surface area contributed by atoms with Gasteiger partial charge in [0, 0.05) is 35.5 Å². The molecular weight excluding hydrogens is 489 g/mol. The standard InChI is InChI=1S/C26H29Cl2N3O4/c1-32-23-12-18-19(27)13-25(35-17-3-4-21(29)20(28)11-17)30-22(18)14-24(23)34-10-2-7-31-8-5-26(6-9-31)15-33-16-26/h3-4,11-14H,2,5-10,15-16,29H2,1H3. The number of likely N-dealkylation sites (tertiary alicyclic amines) is 1. The van der Waals surface area contributed by atoms with Gasteiger partial charge in [-0.15, -0.1) is 0 Å². The number of nitrogen functional groups attached to an aromatic ring is 1. The second-order valence-electron chi connectivity index (χ2n) is 9.28. The Morgan fingerprint density at radius 2 is 1.86 bits per heavy atom. The van der Waals surface area contributed by atoms with Crippen LogP contribution in [0, 0.1) is 5.41 Å². The summed E-state index contributed by atoms with van der Waals surface area (Å²) in [6, 6.07) is 10.4. The van der Waals surface area contributed by atoms with E-state index in [1.807, 2.05) is 12.1 Å². The number of hydrogen-bond acceptors (Lipinski definition) is 7. The number of halogens is 2. The highest BCUT2D eigenvalue weighted by molar-refractivity contribution is 6.35. The molecule has 7 nitrogen and oxygen atoms in total. The summed E-state index contributed by atoms with van der Waals surface area (Å²) >= 11 is 12.6. The van der Waals surface area contributed by atoms with E-state index >= 15 is 0 Å². The van der Waals surface area contributed by atoms with E-state index in [1.54, 1.807) is 31.4 Å². The third-order valence-electron chi connectivity index (χ3n) is 6.82. The maximum atomic E-state index is 6.54. The summed E-state index contributed by atoms with van der Waals surface area (Å²) in [6.07, 6.45) is 3.39. The molecule has 5 rings (SSSR count). The lowest BCUT2D eigenvalue weighted by molar-refractivity contribution is -0.139. The third-order valence-corrected chi connectivity index (χ3v) is 7.46. The van der Waals surface area contributed by atoms with Gasteiger partial charge in [-0.05, 0) is 50.6 Å². The van der Waals surface area contributed by atoms with E-state index < -0.39 is 0 Å². The van der Waals surface area contributed by atoms with Gasteiger partial charge in [0.25, 0.3) is 0 Å². The van der Waals surface area contributed by atoms with Crippen LogP contribution in [-0.4, -0.2) is 56.4 Å². The number of pyridine rings is 1. The number of hydrogen-bond donors (Lipinski definition) is 1. The highest BCUT2D eigenvalue weighted by Gasteiger charge is 2.40. The van der Waals surface area contributed by atoms with Crippen molar-refractivity contribution in [3.05, 3.63) is 46.4 Å². The normalized spacial score (nSPS) is 17.3. The molecule has 35 heavy (non-hydrogen) atoms. The van der Waals surface area contributed by atoms with Crippen LogP contribution in [0.4, 0.5) is 5.69 Å². The third kappa shape index (κ3) is 5.38. The second kappa shape index (κ2) is 10.3. The average Bonchev–Trinajstić information content (AvgIpc) is 2.83. The quantitative estimate of drug-likeness (QED) is 0.298. The molecule has 2 aromatic carbocycles. The molecule has 0 aliphatic carbocycles. The van der Waals surface area contributed by atoms with Crippen LogP contribution in [0.5, 0.6) is 23.1 Å². The van der Waals surface area contributed by atoms with Crippen LogP contribution in [0.25, 0.3) is 10.9 Å². The molecule has 0 saturated carbocycles. The Hall–Kier alpha value is -2.45. The maximum absolute atomic E-state index is 6.54. The lowest BCUT2D eigenvalue weighted by atomic mass is 9.77. The summed E-state index contributed by atoms with van der Waals surface area (Å²) in [4.78, 5) is 7.13. The van der Waals surface area contributed by atoms with E-state index in [-0.39, 0.29) is 0 Å². The zero-order chi connectivity index (χ0) is 24.4. The van der Waals surface area contributed by atoms with Crippen LogP contribution in [0.15, 0.2) is 36.4 Å². The number of anilines is 1. The predicted octanol–water partition coefficient (Wildman–Crippen LogP) is 5.81. The first kappa shape index (κ1) is 24.3. The molecule has 2 fully saturated rings. The minimum absolute atomic E-state index is 0.346. The molecule has 2 N–H and O–H groups in total. The van der Waals surface area contributed by atoms with Gasteiger partial charge in [-0.1, -0.05) is 23.2 Å². The molecule has 0 unspecified atom stereocenters. The van der Waals surface area contributed by atoms with E-state index in [0.717, 1.165) is 44.7 Å². The maximum Gasteiger partial charge on any atom is 0.221 e. The van der Waals surface area contributed by atoms with Gasteiger partial charge in [0.05, 0.1) is 48.2 Å². The van der Waals surface area contributed by atoms with E-state index in [4.69, 9.17) is 47.9 Å². The summed E-state index contributed by atoms with van der Waals surface area (Å²) in [7, 11) is 1.62. The molecule has 2 aliphatic heterocycles. The summed E-state index contributed by atoms with van der Waals surface area (Å²) in [6.45, 7) is 5.73. The molecule has 186 valence electrons. The van der Waals surface area contributed by atoms with Crippen LogP contribution in [0.1, 0.15) is 19.3 Å². The number of nitrogens with zero attached hydrogens (tertiary/aromatic N) is 2. The fourth-order valence-corrected chi connectivity index (χ4v) is 5.00. The van der Waals surface area contributed by atoms with Crippen LogP contribution in [0.3, 0.4) is 0 Å². The Bertz CT molecular complexity index is 1210. The largest absolute Gasteiger partial charge is 0.493 e. The Balaban J connectivity index is 1.24. The van der Waals surface area contributed by atoms with Gasteiger partial charge >= 0.3 is 0 Å². The molecule has 1 aromatic heterocycles. The number of piperidine rings is 1. The van der Waals surface area contributed by atoms with Crippen molar-refractivity contribution in [2.24, 2.45) is 5.41 Å². The van der Waals surface area contributed by atoms with Crippen molar-refractivity contribution in [1.29, 1.82) is 0 Å². The minimum Gasteiger partial charge on any atom is -0.493 e. The Labute approximate surface area is 215 Å². The Morgan fingerprint density at radius 1 is 1.06 bits per heavy atom. The zero-order valence-electron chi connectivity index (χ0n) is 19.7. The summed E-state index contributed by atoms with van der Waals surface area (Å²) in [5.41, 5.74) is 7.37. The van der Waals surface area contributed by atoms with Gasteiger partial charge in [-0.2, -0.15) is 0 Å². The highest BCUT2D eigenvalue weighted by atomic mass is 35.5. The topological polar surface area (TPSA) is 79.1 Å². The highest BCUT2D eigenvalue weighted by Crippen LogP contribution is 2.39. The van der Waals surface area contributed by atoms with Gasteiger partial charge < -0.3 is 29.6 Å². The summed E-state index contributed by atoms with van der Waals surface area (Å²) in [5.74, 6) is 2.11. The molecule has 2 saturated heterocycles. The van der Waals surface area contributed by atoms with Gasteiger partial charge in [0.15, 0.2) is 11.5 Å². The number of benzene rings is 2. The second-order valence-corrected chi connectivity index (χ2v) is 10.1. The predicted molar refractivity (Wildman–Crippen MR) is 138 cm³/mol. The Morgan fingerprint density at radius 3 is 2.54 bits per heavy atom. The fraction of sp³-hybridized carbons (Fsp3) is 0.423. The van der Waals surface area contributed by atoms with Crippen LogP contribution < -0.4 is 19.9 Å². The van der Waals surface area contributed by atoms with Crippen LogP contribution in [0.2, 0.25) is 10.0 Å². The summed E-state index contributed by atoms with van der Waals surface area (Å²) < 4.78 is 23.0. The molecule has 3 aromatic rings. The first-order chi connectivity index (χ1) is 16.9. The molecule has 0 radical (unpaired) electrons. The first-order valence-corrected chi connectivity index (χ1v) is 12.5. The van der Waals surface area contributed by atoms with E-state index in [9.17, 15) is 0 Å². The smallest absolute Gasteiger partial charge is 0.221 e. The van der Waals surface area contributed by atoms with E-state index in [0.29, 0.717) is 56.4 Å². The number of fused-ring (bicyclic) bond motifs is 1. The molecule has 2 aliphatic rings. The van der Waals surface area contributed by atoms with Gasteiger partial charge in [0.2, 0.25) is 5.88 Å². The monoisotopic (exact) mass is 517 g/mol. The van der Waals surface area contributed by atoms with Crippen molar-refractivity contribution < 1.29 is 18.9 Å². The van der Waals surface area contributed by atoms with Crippen LogP contribution in [-0.2, 0) is 4.74 Å². The molecule has 9 heteroatoms. The number of nitrogens with two attached hydrogens (primary N) is 1. The van der Waals surface area contributed by atoms with E-state index in [1.165, 1.54) is 12.8 Å². The molecule has 0 atom stereocenters. The Kier molecular flexibility index (Phi) is 7.12. The van der Waals surface area contributed by atoms with Gasteiger partial charge in [0.1, 0.15) is 5.75 Å². The lowest BCUT2D eigenvalue weighted by Crippen LogP contribution is -2.51. The number of ether oxygens (including phenoxy) is 4. The minimum atomic E-state index is 0.346. The van der Waals surface area contributed by atoms with Crippen molar-refractivity contribution >= 4 is 39.8 Å². The first-order valence-electron chi connectivity index (χ1n) is 11.8. The lowest BCUT2D eigenvalue weighted by Gasteiger charge is -2.47. The molecule has 0 amide bonds.